The third-order valence-corrected chi connectivity index (χ3v) is 9.40. The molecule has 2 N–H and O–H groups in total. The summed E-state index contributed by atoms with van der Waals surface area (Å²) in [6.07, 6.45) is 9.09. The van der Waals surface area contributed by atoms with E-state index in [4.69, 9.17) is 20.6 Å². The van der Waals surface area contributed by atoms with Crippen molar-refractivity contribution in [3.05, 3.63) is 53.9 Å². The summed E-state index contributed by atoms with van der Waals surface area (Å²) in [4.78, 5) is 25.3. The number of anilines is 1. The molecule has 2 fully saturated rings. The Labute approximate surface area is 266 Å². The molecule has 0 spiro atoms. The van der Waals surface area contributed by atoms with Gasteiger partial charge in [0, 0.05) is 37.1 Å². The summed E-state index contributed by atoms with van der Waals surface area (Å²) in [5.41, 5.74) is 0.00346. The van der Waals surface area contributed by atoms with Crippen LogP contribution in [-0.2, 0) is 4.79 Å². The van der Waals surface area contributed by atoms with Crippen molar-refractivity contribution in [1.82, 2.24) is 19.8 Å². The SMILES string of the molecule is C#Cc1c(F)ccc2cc(O)cc(C3COc4c(NCC5(N(C)C(=O)C=C)CCCC5)nc(OC[C@@H]5C[C@@H](F)CN5C)nc4O3)c12. The Balaban J connectivity index is 1.35. The number of amides is 1. The lowest BCUT2D eigenvalue weighted by Crippen LogP contribution is -2.51. The first-order chi connectivity index (χ1) is 22.1. The normalized spacial score (nSPS) is 21.9. The molecule has 10 nitrogen and oxygen atoms in total. The summed E-state index contributed by atoms with van der Waals surface area (Å²) >= 11 is 0. The average Bonchev–Trinajstić information content (AvgIpc) is 3.67. The quantitative estimate of drug-likeness (QED) is 0.255. The van der Waals surface area contributed by atoms with Crippen LogP contribution in [0.4, 0.5) is 14.6 Å². The second-order valence-electron chi connectivity index (χ2n) is 12.2. The van der Waals surface area contributed by atoms with E-state index in [0.29, 0.717) is 41.7 Å². The fourth-order valence-corrected chi connectivity index (χ4v) is 6.80. The third kappa shape index (κ3) is 5.87. The van der Waals surface area contributed by atoms with Gasteiger partial charge in [0.25, 0.3) is 5.88 Å². The van der Waals surface area contributed by atoms with Crippen molar-refractivity contribution in [3.8, 4) is 35.7 Å². The van der Waals surface area contributed by atoms with E-state index >= 15 is 0 Å². The van der Waals surface area contributed by atoms with Crippen molar-refractivity contribution >= 4 is 22.5 Å². The molecule has 1 amide bonds. The number of halogens is 2. The zero-order chi connectivity index (χ0) is 32.6. The number of benzene rings is 2. The first-order valence-corrected chi connectivity index (χ1v) is 15.4. The molecule has 46 heavy (non-hydrogen) atoms. The molecule has 3 aromatic rings. The zero-order valence-corrected chi connectivity index (χ0v) is 25.9. The Bertz CT molecular complexity index is 1710. The molecule has 0 radical (unpaired) electrons. The number of alkyl halides is 1. The van der Waals surface area contributed by atoms with Crippen molar-refractivity contribution in [3.63, 3.8) is 0 Å². The lowest BCUT2D eigenvalue weighted by molar-refractivity contribution is -0.129. The fraction of sp³-hybridized carbons (Fsp3) is 0.441. The minimum absolute atomic E-state index is 0.00618. The second-order valence-corrected chi connectivity index (χ2v) is 12.2. The van der Waals surface area contributed by atoms with E-state index in [1.165, 1.54) is 30.3 Å². The van der Waals surface area contributed by atoms with Gasteiger partial charge < -0.3 is 29.5 Å². The van der Waals surface area contributed by atoms with Crippen LogP contribution in [0.5, 0.6) is 23.4 Å². The molecule has 3 aliphatic rings. The Morgan fingerprint density at radius 3 is 2.83 bits per heavy atom. The topological polar surface area (TPSA) is 109 Å². The van der Waals surface area contributed by atoms with Crippen molar-refractivity contribution in [2.75, 3.05) is 45.7 Å². The van der Waals surface area contributed by atoms with Gasteiger partial charge in [-0.15, -0.1) is 6.42 Å². The van der Waals surface area contributed by atoms with Crippen LogP contribution < -0.4 is 19.5 Å². The number of nitrogens with zero attached hydrogens (tertiary/aromatic N) is 4. The number of phenolic OH excluding ortho intramolecular Hbond substituents is 1. The number of carbonyl (C=O) groups is 1. The number of rotatable bonds is 9. The second kappa shape index (κ2) is 12.6. The standard InChI is InChI=1S/C34H37F2N5O5/c1-5-24-26(36)10-9-20-13-23(42)15-25(29(20)24)27-18-44-30-31(37-19-34(11-7-8-12-34)41(4)28(43)6-2)38-33(39-32(30)46-27)45-17-22-14-21(35)16-40(22)3/h1,6,9-10,13,15,21-22,27,42H,2,7-8,11-12,14,16-19H2,3-4H3,(H,37,38,39)/t21-,22+,27?/m1/s1. The van der Waals surface area contributed by atoms with Gasteiger partial charge in [-0.05, 0) is 56.0 Å². The van der Waals surface area contributed by atoms with Gasteiger partial charge in [-0.25, -0.2) is 8.78 Å². The Morgan fingerprint density at radius 2 is 2.13 bits per heavy atom. The summed E-state index contributed by atoms with van der Waals surface area (Å²) in [6, 6.07) is 5.60. The van der Waals surface area contributed by atoms with Crippen molar-refractivity contribution < 1.29 is 32.9 Å². The zero-order valence-electron chi connectivity index (χ0n) is 25.9. The molecule has 0 bridgehead atoms. The first kappa shape index (κ1) is 31.4. The highest BCUT2D eigenvalue weighted by Crippen LogP contribution is 2.44. The van der Waals surface area contributed by atoms with Crippen molar-refractivity contribution in [1.29, 1.82) is 0 Å². The van der Waals surface area contributed by atoms with E-state index in [9.17, 15) is 18.7 Å². The number of hydrogen-bond donors (Lipinski definition) is 2. The number of ether oxygens (including phenoxy) is 3. The van der Waals surface area contributed by atoms with E-state index < -0.39 is 23.6 Å². The van der Waals surface area contributed by atoms with E-state index in [1.807, 2.05) is 11.9 Å². The first-order valence-electron chi connectivity index (χ1n) is 15.4. The number of hydrogen-bond acceptors (Lipinski definition) is 9. The van der Waals surface area contributed by atoms with Crippen LogP contribution in [0.15, 0.2) is 36.9 Å². The van der Waals surface area contributed by atoms with Gasteiger partial charge in [0.15, 0.2) is 11.9 Å². The summed E-state index contributed by atoms with van der Waals surface area (Å²) in [7, 11) is 3.61. The molecule has 6 rings (SSSR count). The Morgan fingerprint density at radius 1 is 1.35 bits per heavy atom. The molecule has 2 aromatic carbocycles. The van der Waals surface area contributed by atoms with Gasteiger partial charge in [-0.3, -0.25) is 9.69 Å². The molecular weight excluding hydrogens is 596 g/mol. The van der Waals surface area contributed by atoms with Crippen LogP contribution in [0.2, 0.25) is 0 Å². The van der Waals surface area contributed by atoms with Gasteiger partial charge in [-0.2, -0.15) is 9.97 Å². The van der Waals surface area contributed by atoms with E-state index in [0.717, 1.165) is 25.7 Å². The number of likely N-dealkylation sites (N-methyl/N-ethyl adjacent to an activating group) is 2. The molecule has 1 unspecified atom stereocenters. The average molecular weight is 634 g/mol. The van der Waals surface area contributed by atoms with Gasteiger partial charge in [0.2, 0.25) is 11.7 Å². The Kier molecular flexibility index (Phi) is 8.61. The molecule has 1 aliphatic carbocycles. The number of terminal acetylenes is 1. The largest absolute Gasteiger partial charge is 0.508 e. The van der Waals surface area contributed by atoms with Crippen LogP contribution in [0, 0.1) is 18.2 Å². The number of aromatic nitrogens is 2. The smallest absolute Gasteiger partial charge is 0.322 e. The summed E-state index contributed by atoms with van der Waals surface area (Å²) in [5, 5.41) is 14.8. The molecule has 12 heteroatoms. The van der Waals surface area contributed by atoms with Gasteiger partial charge in [0.05, 0.1) is 11.1 Å². The number of likely N-dealkylation sites (tertiary alicyclic amines) is 1. The minimum atomic E-state index is -0.939. The molecular formula is C34H37F2N5O5. The van der Waals surface area contributed by atoms with E-state index in [1.54, 1.807) is 11.9 Å². The molecule has 1 aromatic heterocycles. The number of fused-ring (bicyclic) bond motifs is 2. The summed E-state index contributed by atoms with van der Waals surface area (Å²) < 4.78 is 47.4. The number of aromatic hydroxyl groups is 1. The predicted molar refractivity (Wildman–Crippen MR) is 168 cm³/mol. The van der Waals surface area contributed by atoms with Crippen molar-refractivity contribution in [2.24, 2.45) is 0 Å². The number of nitrogens with one attached hydrogen (secondary N) is 1. The third-order valence-electron chi connectivity index (χ3n) is 9.40. The predicted octanol–water partition coefficient (Wildman–Crippen LogP) is 4.76. The summed E-state index contributed by atoms with van der Waals surface area (Å²) in [6.45, 7) is 4.48. The number of phenols is 1. The van der Waals surface area contributed by atoms with Crippen LogP contribution >= 0.6 is 0 Å². The highest BCUT2D eigenvalue weighted by atomic mass is 19.1. The number of carbonyl (C=O) groups excluding carboxylic acids is 1. The highest BCUT2D eigenvalue weighted by Gasteiger charge is 2.40. The molecule has 242 valence electrons. The van der Waals surface area contributed by atoms with Crippen LogP contribution in [0.1, 0.15) is 49.3 Å². The Hall–Kier alpha value is -4.63. The fourth-order valence-electron chi connectivity index (χ4n) is 6.80. The highest BCUT2D eigenvalue weighted by molar-refractivity contribution is 5.93. The molecule has 3 atom stereocenters. The monoisotopic (exact) mass is 633 g/mol. The lowest BCUT2D eigenvalue weighted by atomic mass is 9.95. The van der Waals surface area contributed by atoms with Gasteiger partial charge in [-0.1, -0.05) is 31.4 Å². The van der Waals surface area contributed by atoms with Crippen LogP contribution in [0.25, 0.3) is 10.8 Å². The maximum absolute atomic E-state index is 14.8. The molecule has 3 heterocycles. The van der Waals surface area contributed by atoms with E-state index in [-0.39, 0.29) is 54.1 Å². The molecule has 1 saturated carbocycles. The van der Waals surface area contributed by atoms with Crippen LogP contribution in [-0.4, -0.2) is 88.9 Å². The molecule has 2 aliphatic heterocycles. The maximum atomic E-state index is 14.8. The van der Waals surface area contributed by atoms with Crippen LogP contribution in [0.3, 0.4) is 0 Å². The van der Waals surface area contributed by atoms with E-state index in [2.05, 4.69) is 27.8 Å². The van der Waals surface area contributed by atoms with Crippen molar-refractivity contribution in [2.45, 2.75) is 56.0 Å². The van der Waals surface area contributed by atoms with Gasteiger partial charge >= 0.3 is 6.01 Å². The minimum Gasteiger partial charge on any atom is -0.508 e. The van der Waals surface area contributed by atoms with Gasteiger partial charge in [0.1, 0.15) is 31.0 Å². The molecule has 1 saturated heterocycles. The summed E-state index contributed by atoms with van der Waals surface area (Å²) in [5.74, 6) is 2.24. The maximum Gasteiger partial charge on any atom is 0.322 e. The lowest BCUT2D eigenvalue weighted by Gasteiger charge is -2.39.